The summed E-state index contributed by atoms with van der Waals surface area (Å²) >= 11 is 0. The van der Waals surface area contributed by atoms with Gasteiger partial charge in [-0.1, -0.05) is 60.7 Å². The van der Waals surface area contributed by atoms with Crippen LogP contribution in [0.2, 0.25) is 0 Å². The molecule has 0 aliphatic carbocycles. The molecule has 10 heteroatoms. The molecule has 46 heavy (non-hydrogen) atoms. The van der Waals surface area contributed by atoms with Crippen LogP contribution in [0.3, 0.4) is 0 Å². The quantitative estimate of drug-likeness (QED) is 0.107. The number of hydrogen-bond donors (Lipinski definition) is 6. The fraction of sp³-hybridized carbons (Fsp3) is 0.111. The Hall–Kier alpha value is -6.16. The Morgan fingerprint density at radius 1 is 0.630 bits per heavy atom. The number of aliphatic carboxylic acids is 1. The summed E-state index contributed by atoms with van der Waals surface area (Å²) in [6.07, 6.45) is 4.43. The highest BCUT2D eigenvalue weighted by Crippen LogP contribution is 2.23. The van der Waals surface area contributed by atoms with Gasteiger partial charge in [0.2, 0.25) is 5.91 Å². The van der Waals surface area contributed by atoms with E-state index in [0.717, 1.165) is 32.9 Å². The summed E-state index contributed by atoms with van der Waals surface area (Å²) in [7, 11) is 0. The predicted molar refractivity (Wildman–Crippen MR) is 177 cm³/mol. The zero-order chi connectivity index (χ0) is 32.0. The van der Waals surface area contributed by atoms with Gasteiger partial charge in [0.25, 0.3) is 11.8 Å². The number of amides is 3. The number of carboxylic acids is 1. The van der Waals surface area contributed by atoms with Gasteiger partial charge in [-0.25, -0.2) is 4.79 Å². The average molecular weight is 614 g/mol. The van der Waals surface area contributed by atoms with Crippen LogP contribution in [0.5, 0.6) is 0 Å². The van der Waals surface area contributed by atoms with Crippen molar-refractivity contribution in [2.75, 3.05) is 10.6 Å². The van der Waals surface area contributed by atoms with E-state index >= 15 is 0 Å². The molecular formula is C36H31N5O5. The zero-order valence-corrected chi connectivity index (χ0v) is 24.7. The van der Waals surface area contributed by atoms with Gasteiger partial charge in [0, 0.05) is 47.0 Å². The summed E-state index contributed by atoms with van der Waals surface area (Å²) in [6.45, 7) is 0. The molecule has 0 bridgehead atoms. The van der Waals surface area contributed by atoms with Crippen molar-refractivity contribution in [3.63, 3.8) is 0 Å². The third-order valence-electron chi connectivity index (χ3n) is 7.86. The van der Waals surface area contributed by atoms with Crippen molar-refractivity contribution in [2.24, 2.45) is 0 Å². The van der Waals surface area contributed by atoms with Crippen LogP contribution in [0.25, 0.3) is 21.8 Å². The topological polar surface area (TPSA) is 156 Å². The molecule has 0 saturated carbocycles. The molecule has 4 aromatic carbocycles. The van der Waals surface area contributed by atoms with Crippen LogP contribution in [0.15, 0.2) is 109 Å². The third-order valence-corrected chi connectivity index (χ3v) is 7.86. The molecule has 1 atom stereocenters. The lowest BCUT2D eigenvalue weighted by molar-refractivity contribution is -0.139. The second-order valence-electron chi connectivity index (χ2n) is 10.9. The van der Waals surface area contributed by atoms with Crippen molar-refractivity contribution in [3.8, 4) is 0 Å². The van der Waals surface area contributed by atoms with Crippen molar-refractivity contribution < 1.29 is 24.3 Å². The molecule has 6 rings (SSSR count). The Morgan fingerprint density at radius 2 is 1.15 bits per heavy atom. The van der Waals surface area contributed by atoms with E-state index in [4.69, 9.17) is 0 Å². The van der Waals surface area contributed by atoms with Crippen molar-refractivity contribution >= 4 is 56.9 Å². The highest BCUT2D eigenvalue weighted by atomic mass is 16.4. The lowest BCUT2D eigenvalue weighted by Crippen LogP contribution is -2.42. The Balaban J connectivity index is 1.13. The fourth-order valence-electron chi connectivity index (χ4n) is 5.53. The molecule has 0 saturated heterocycles. The van der Waals surface area contributed by atoms with E-state index in [1.165, 1.54) is 6.07 Å². The van der Waals surface area contributed by atoms with Gasteiger partial charge < -0.3 is 31.0 Å². The molecule has 2 heterocycles. The molecule has 230 valence electrons. The number of para-hydroxylation sites is 4. The SMILES string of the molecule is O=C(CCc1c[nH]c2ccccc12)Nc1ccccc1C(=O)Nc1ccccc1C(=O)NC(Cc1c[nH]c2ccccc12)C(=O)O. The smallest absolute Gasteiger partial charge is 0.326 e. The largest absolute Gasteiger partial charge is 0.480 e. The summed E-state index contributed by atoms with van der Waals surface area (Å²) < 4.78 is 0. The van der Waals surface area contributed by atoms with Crippen LogP contribution in [0, 0.1) is 0 Å². The number of aryl methyl sites for hydroxylation is 1. The number of carbonyl (C=O) groups is 4. The number of anilines is 2. The second kappa shape index (κ2) is 13.2. The minimum Gasteiger partial charge on any atom is -0.480 e. The standard InChI is InChI=1S/C36H31N5O5/c42-33(18-17-22-20-37-28-13-5-1-9-24(22)28)39-30-15-7-3-11-26(30)34(43)40-31-16-8-4-12-27(31)35(44)41-32(36(45)46)19-23-21-38-29-14-6-2-10-25(23)29/h1-16,20-21,32,37-38H,17-19H2,(H,39,42)(H,40,43)(H,41,44)(H,45,46). The van der Waals surface area contributed by atoms with Crippen molar-refractivity contribution in [2.45, 2.75) is 25.3 Å². The highest BCUT2D eigenvalue weighted by molar-refractivity contribution is 6.13. The normalized spacial score (nSPS) is 11.7. The van der Waals surface area contributed by atoms with E-state index in [2.05, 4.69) is 25.9 Å². The van der Waals surface area contributed by atoms with Crippen LogP contribution >= 0.6 is 0 Å². The van der Waals surface area contributed by atoms with Crippen LogP contribution in [-0.4, -0.2) is 44.8 Å². The van der Waals surface area contributed by atoms with Gasteiger partial charge in [0.05, 0.1) is 22.5 Å². The van der Waals surface area contributed by atoms with E-state index < -0.39 is 23.8 Å². The summed E-state index contributed by atoms with van der Waals surface area (Å²) in [5.74, 6) is -2.63. The van der Waals surface area contributed by atoms with Gasteiger partial charge in [0.1, 0.15) is 6.04 Å². The monoisotopic (exact) mass is 613 g/mol. The molecule has 0 fully saturated rings. The van der Waals surface area contributed by atoms with Crippen molar-refractivity contribution in [1.29, 1.82) is 0 Å². The summed E-state index contributed by atoms with van der Waals surface area (Å²) in [5.41, 5.74) is 4.48. The van der Waals surface area contributed by atoms with Crippen LogP contribution < -0.4 is 16.0 Å². The number of aromatic amines is 2. The molecule has 6 aromatic rings. The molecule has 10 nitrogen and oxygen atoms in total. The Labute approximate surface area is 263 Å². The summed E-state index contributed by atoms with van der Waals surface area (Å²) in [5, 5.41) is 20.0. The van der Waals surface area contributed by atoms with E-state index in [9.17, 15) is 24.3 Å². The minimum absolute atomic E-state index is 0.0625. The minimum atomic E-state index is -1.21. The lowest BCUT2D eigenvalue weighted by Gasteiger charge is -2.17. The van der Waals surface area contributed by atoms with Gasteiger partial charge in [-0.15, -0.1) is 0 Å². The molecule has 6 N–H and O–H groups in total. The zero-order valence-electron chi connectivity index (χ0n) is 24.7. The van der Waals surface area contributed by atoms with E-state index in [-0.39, 0.29) is 35.6 Å². The first-order valence-corrected chi connectivity index (χ1v) is 14.8. The summed E-state index contributed by atoms with van der Waals surface area (Å²) in [4.78, 5) is 58.2. The first-order valence-electron chi connectivity index (χ1n) is 14.8. The van der Waals surface area contributed by atoms with Gasteiger partial charge >= 0.3 is 5.97 Å². The molecule has 1 unspecified atom stereocenters. The first kappa shape index (κ1) is 29.9. The summed E-state index contributed by atoms with van der Waals surface area (Å²) in [6, 6.07) is 27.1. The van der Waals surface area contributed by atoms with Crippen LogP contribution in [-0.2, 0) is 22.4 Å². The van der Waals surface area contributed by atoms with Crippen molar-refractivity contribution in [3.05, 3.63) is 132 Å². The maximum atomic E-state index is 13.5. The molecule has 0 radical (unpaired) electrons. The number of H-pyrrole nitrogens is 2. The maximum absolute atomic E-state index is 13.5. The number of rotatable bonds is 11. The number of benzene rings is 4. The van der Waals surface area contributed by atoms with Crippen LogP contribution in [0.1, 0.15) is 38.3 Å². The van der Waals surface area contributed by atoms with Gasteiger partial charge in [0.15, 0.2) is 0 Å². The Bertz CT molecular complexity index is 2080. The molecule has 3 amide bonds. The number of carboxylic acid groups (broad SMARTS) is 1. The van der Waals surface area contributed by atoms with E-state index in [1.807, 2.05) is 54.7 Å². The lowest BCUT2D eigenvalue weighted by atomic mass is 10.0. The first-order chi connectivity index (χ1) is 22.4. The third kappa shape index (κ3) is 6.51. The van der Waals surface area contributed by atoms with Gasteiger partial charge in [-0.05, 0) is 53.9 Å². The molecular weight excluding hydrogens is 582 g/mol. The number of carbonyl (C=O) groups excluding carboxylic acids is 3. The molecule has 0 spiro atoms. The van der Waals surface area contributed by atoms with Gasteiger partial charge in [-0.2, -0.15) is 0 Å². The number of nitrogens with one attached hydrogen (secondary N) is 5. The molecule has 2 aromatic heterocycles. The second-order valence-corrected chi connectivity index (χ2v) is 10.9. The maximum Gasteiger partial charge on any atom is 0.326 e. The molecule has 0 aliphatic rings. The van der Waals surface area contributed by atoms with Crippen molar-refractivity contribution in [1.82, 2.24) is 15.3 Å². The van der Waals surface area contributed by atoms with Crippen LogP contribution in [0.4, 0.5) is 11.4 Å². The van der Waals surface area contributed by atoms with E-state index in [1.54, 1.807) is 48.7 Å². The number of aromatic nitrogens is 2. The van der Waals surface area contributed by atoms with E-state index in [0.29, 0.717) is 12.1 Å². The molecule has 0 aliphatic heterocycles. The highest BCUT2D eigenvalue weighted by Gasteiger charge is 2.24. The number of hydrogen-bond acceptors (Lipinski definition) is 4. The fourth-order valence-corrected chi connectivity index (χ4v) is 5.53. The average Bonchev–Trinajstić information content (AvgIpc) is 3.68. The predicted octanol–water partition coefficient (Wildman–Crippen LogP) is 5.90. The Kier molecular flexibility index (Phi) is 8.60. The number of fused-ring (bicyclic) bond motifs is 2. The Morgan fingerprint density at radius 3 is 1.80 bits per heavy atom. The van der Waals surface area contributed by atoms with Gasteiger partial charge in [-0.3, -0.25) is 14.4 Å².